The summed E-state index contributed by atoms with van der Waals surface area (Å²) in [6.45, 7) is 1.07. The molecule has 0 aliphatic rings. The Bertz CT molecular complexity index is 793. The zero-order valence-electron chi connectivity index (χ0n) is 12.0. The van der Waals surface area contributed by atoms with E-state index in [2.05, 4.69) is 0 Å². The standard InChI is InChI=1S/C18H16N2O2/c19-15-16(18(22)17(15)21)20(11-13-7-3-1-4-8-13)12-14-9-5-2-6-10-14/h1-10H,11-12,19H2. The minimum Gasteiger partial charge on any atom is -0.394 e. The topological polar surface area (TPSA) is 63.4 Å². The third kappa shape index (κ3) is 2.63. The lowest BCUT2D eigenvalue weighted by atomic mass is 10.1. The molecule has 0 spiro atoms. The molecule has 110 valence electrons. The van der Waals surface area contributed by atoms with Crippen LogP contribution in [0.25, 0.3) is 0 Å². The zero-order chi connectivity index (χ0) is 15.5. The molecule has 0 unspecified atom stereocenters. The van der Waals surface area contributed by atoms with Gasteiger partial charge in [-0.1, -0.05) is 60.7 Å². The van der Waals surface area contributed by atoms with E-state index in [9.17, 15) is 9.59 Å². The predicted molar refractivity (Wildman–Crippen MR) is 88.5 cm³/mol. The van der Waals surface area contributed by atoms with Crippen LogP contribution in [-0.2, 0) is 13.1 Å². The highest BCUT2D eigenvalue weighted by Crippen LogP contribution is 2.22. The van der Waals surface area contributed by atoms with Gasteiger partial charge in [-0.15, -0.1) is 0 Å². The summed E-state index contributed by atoms with van der Waals surface area (Å²) in [5, 5.41) is 0. The van der Waals surface area contributed by atoms with Crippen molar-refractivity contribution in [2.45, 2.75) is 13.1 Å². The third-order valence-electron chi connectivity index (χ3n) is 3.67. The molecule has 0 aliphatic carbocycles. The van der Waals surface area contributed by atoms with Gasteiger partial charge in [0, 0.05) is 13.1 Å². The first-order valence-corrected chi connectivity index (χ1v) is 7.08. The number of nitrogens with two attached hydrogens (primary N) is 1. The SMILES string of the molecule is Nc1c(N(Cc2ccccc2)Cc2ccccc2)c(=O)c1=O. The molecule has 0 bridgehead atoms. The van der Waals surface area contributed by atoms with E-state index >= 15 is 0 Å². The third-order valence-corrected chi connectivity index (χ3v) is 3.67. The second-order valence-electron chi connectivity index (χ2n) is 5.25. The summed E-state index contributed by atoms with van der Waals surface area (Å²) in [5.74, 6) is 0. The molecule has 2 N–H and O–H groups in total. The lowest BCUT2D eigenvalue weighted by Crippen LogP contribution is -2.42. The molecule has 0 heterocycles. The highest BCUT2D eigenvalue weighted by atomic mass is 16.2. The molecule has 0 saturated heterocycles. The normalized spacial score (nSPS) is 10.7. The number of nitrogen functional groups attached to an aromatic ring is 1. The number of benzene rings is 2. The molecular weight excluding hydrogens is 276 g/mol. The van der Waals surface area contributed by atoms with Crippen LogP contribution in [0.15, 0.2) is 70.3 Å². The first-order valence-electron chi connectivity index (χ1n) is 7.08. The second-order valence-corrected chi connectivity index (χ2v) is 5.25. The van der Waals surface area contributed by atoms with E-state index in [4.69, 9.17) is 5.73 Å². The van der Waals surface area contributed by atoms with Crippen molar-refractivity contribution in [3.05, 3.63) is 92.2 Å². The molecule has 4 nitrogen and oxygen atoms in total. The van der Waals surface area contributed by atoms with E-state index in [0.29, 0.717) is 18.8 Å². The Morgan fingerprint density at radius 2 is 1.18 bits per heavy atom. The molecule has 0 fully saturated rings. The van der Waals surface area contributed by atoms with Gasteiger partial charge in [0.2, 0.25) is 0 Å². The van der Waals surface area contributed by atoms with E-state index in [1.54, 1.807) is 0 Å². The summed E-state index contributed by atoms with van der Waals surface area (Å²) in [7, 11) is 0. The van der Waals surface area contributed by atoms with Crippen LogP contribution in [0.2, 0.25) is 0 Å². The first-order chi connectivity index (χ1) is 10.7. The second kappa shape index (κ2) is 5.85. The minimum atomic E-state index is -0.582. The molecule has 3 aromatic carbocycles. The smallest absolute Gasteiger partial charge is 0.253 e. The highest BCUT2D eigenvalue weighted by molar-refractivity contribution is 5.72. The maximum absolute atomic E-state index is 11.9. The van der Waals surface area contributed by atoms with Gasteiger partial charge >= 0.3 is 0 Å². The van der Waals surface area contributed by atoms with E-state index in [-0.39, 0.29) is 5.69 Å². The fourth-order valence-corrected chi connectivity index (χ4v) is 2.53. The number of hydrogen-bond acceptors (Lipinski definition) is 4. The molecule has 0 aromatic heterocycles. The van der Waals surface area contributed by atoms with Crippen LogP contribution < -0.4 is 21.5 Å². The summed E-state index contributed by atoms with van der Waals surface area (Å²) in [4.78, 5) is 25.2. The number of nitrogens with zero attached hydrogens (tertiary/aromatic N) is 1. The molecule has 22 heavy (non-hydrogen) atoms. The molecule has 0 atom stereocenters. The van der Waals surface area contributed by atoms with Gasteiger partial charge in [-0.3, -0.25) is 9.59 Å². The fourth-order valence-electron chi connectivity index (χ4n) is 2.53. The number of hydrogen-bond donors (Lipinski definition) is 1. The molecule has 0 aliphatic heterocycles. The molecule has 4 heteroatoms. The van der Waals surface area contributed by atoms with Gasteiger partial charge in [-0.25, -0.2) is 0 Å². The Morgan fingerprint density at radius 3 is 1.59 bits per heavy atom. The summed E-state index contributed by atoms with van der Waals surface area (Å²) in [5.41, 5.74) is 7.17. The van der Waals surface area contributed by atoms with Crippen LogP contribution >= 0.6 is 0 Å². The number of anilines is 2. The van der Waals surface area contributed by atoms with Crippen LogP contribution in [0.1, 0.15) is 11.1 Å². The predicted octanol–water partition coefficient (Wildman–Crippen LogP) is 2.07. The summed E-state index contributed by atoms with van der Waals surface area (Å²) in [6, 6.07) is 19.6. The van der Waals surface area contributed by atoms with Gasteiger partial charge in [0.15, 0.2) is 0 Å². The van der Waals surface area contributed by atoms with Gasteiger partial charge in [0.05, 0.1) is 0 Å². The van der Waals surface area contributed by atoms with Gasteiger partial charge in [-0.2, -0.15) is 0 Å². The lowest BCUT2D eigenvalue weighted by Gasteiger charge is -2.26. The number of rotatable bonds is 5. The van der Waals surface area contributed by atoms with Crippen LogP contribution in [0, 0.1) is 0 Å². The van der Waals surface area contributed by atoms with Crippen LogP contribution in [0.4, 0.5) is 11.4 Å². The average Bonchev–Trinajstić information content (AvgIpc) is 2.56. The quantitative estimate of drug-likeness (QED) is 0.731. The van der Waals surface area contributed by atoms with E-state index in [1.807, 2.05) is 65.6 Å². The molecule has 0 amide bonds. The van der Waals surface area contributed by atoms with Crippen molar-refractivity contribution in [3.63, 3.8) is 0 Å². The van der Waals surface area contributed by atoms with Crippen LogP contribution in [0.5, 0.6) is 0 Å². The molecular formula is C18H16N2O2. The van der Waals surface area contributed by atoms with E-state index in [1.165, 1.54) is 0 Å². The molecule has 3 aromatic rings. The van der Waals surface area contributed by atoms with Crippen molar-refractivity contribution in [1.82, 2.24) is 0 Å². The van der Waals surface area contributed by atoms with Gasteiger partial charge in [0.25, 0.3) is 10.9 Å². The maximum atomic E-state index is 11.9. The Hall–Kier alpha value is -2.88. The minimum absolute atomic E-state index is 0.0665. The van der Waals surface area contributed by atoms with Gasteiger partial charge in [0.1, 0.15) is 11.4 Å². The Labute approximate surface area is 128 Å². The van der Waals surface area contributed by atoms with Gasteiger partial charge < -0.3 is 10.6 Å². The van der Waals surface area contributed by atoms with Crippen molar-refractivity contribution in [1.29, 1.82) is 0 Å². The van der Waals surface area contributed by atoms with Crippen molar-refractivity contribution in [3.8, 4) is 0 Å². The Kier molecular flexibility index (Phi) is 3.74. The Balaban J connectivity index is 1.92. The van der Waals surface area contributed by atoms with Crippen molar-refractivity contribution in [2.75, 3.05) is 10.6 Å². The monoisotopic (exact) mass is 292 g/mol. The molecule has 3 rings (SSSR count). The highest BCUT2D eigenvalue weighted by Gasteiger charge is 2.24. The van der Waals surface area contributed by atoms with Crippen molar-refractivity contribution in [2.24, 2.45) is 0 Å². The van der Waals surface area contributed by atoms with Crippen molar-refractivity contribution < 1.29 is 0 Å². The summed E-state index contributed by atoms with van der Waals surface area (Å²) in [6.07, 6.45) is 0. The van der Waals surface area contributed by atoms with Crippen LogP contribution in [0.3, 0.4) is 0 Å². The van der Waals surface area contributed by atoms with E-state index < -0.39 is 10.9 Å². The fraction of sp³-hybridized carbons (Fsp3) is 0.111. The van der Waals surface area contributed by atoms with Crippen LogP contribution in [-0.4, -0.2) is 0 Å². The van der Waals surface area contributed by atoms with Crippen molar-refractivity contribution >= 4 is 11.4 Å². The first kappa shape index (κ1) is 14.1. The molecule has 0 saturated carbocycles. The summed E-state index contributed by atoms with van der Waals surface area (Å²) >= 11 is 0. The molecule has 0 radical (unpaired) electrons. The van der Waals surface area contributed by atoms with E-state index in [0.717, 1.165) is 11.1 Å². The van der Waals surface area contributed by atoms with Gasteiger partial charge in [-0.05, 0) is 11.1 Å². The zero-order valence-corrected chi connectivity index (χ0v) is 12.0. The Morgan fingerprint density at radius 1 is 0.727 bits per heavy atom. The average molecular weight is 292 g/mol. The lowest BCUT2D eigenvalue weighted by molar-refractivity contribution is 0.792. The summed E-state index contributed by atoms with van der Waals surface area (Å²) < 4.78 is 0. The largest absolute Gasteiger partial charge is 0.394 e. The maximum Gasteiger partial charge on any atom is 0.253 e.